The van der Waals surface area contributed by atoms with E-state index in [4.69, 9.17) is 15.4 Å². The number of amides is 1. The van der Waals surface area contributed by atoms with Crippen molar-refractivity contribution in [3.8, 4) is 5.75 Å². The first-order valence-corrected chi connectivity index (χ1v) is 8.30. The molecule has 1 N–H and O–H groups in total. The van der Waals surface area contributed by atoms with Gasteiger partial charge in [-0.3, -0.25) is 4.79 Å². The summed E-state index contributed by atoms with van der Waals surface area (Å²) in [7, 11) is 1.06. The first-order chi connectivity index (χ1) is 9.49. The molecular formula is C10H8BrClF3NO4S. The molecule has 0 spiro atoms. The topological polar surface area (TPSA) is 72.5 Å². The van der Waals surface area contributed by atoms with E-state index in [1.54, 1.807) is 5.32 Å². The Morgan fingerprint density at radius 1 is 1.38 bits per heavy atom. The van der Waals surface area contributed by atoms with Gasteiger partial charge in [-0.1, -0.05) is 15.9 Å². The van der Waals surface area contributed by atoms with Crippen molar-refractivity contribution in [2.45, 2.75) is 11.1 Å². The summed E-state index contributed by atoms with van der Waals surface area (Å²) in [6.07, 6.45) is -4.54. The second kappa shape index (κ2) is 6.84. The van der Waals surface area contributed by atoms with Crippen molar-refractivity contribution in [2.24, 2.45) is 0 Å². The van der Waals surface area contributed by atoms with Crippen molar-refractivity contribution < 1.29 is 31.1 Å². The molecular weight excluding hydrogens is 403 g/mol. The molecule has 21 heavy (non-hydrogen) atoms. The SMILES string of the molecule is O=C(COc1ccc(Br)cc1S(=O)(=O)Cl)NCC(F)(F)F. The van der Waals surface area contributed by atoms with Gasteiger partial charge >= 0.3 is 6.18 Å². The van der Waals surface area contributed by atoms with Gasteiger partial charge in [0.1, 0.15) is 17.2 Å². The molecule has 1 amide bonds. The highest BCUT2D eigenvalue weighted by atomic mass is 79.9. The van der Waals surface area contributed by atoms with E-state index in [1.165, 1.54) is 12.1 Å². The maximum atomic E-state index is 11.9. The molecule has 0 atom stereocenters. The average Bonchev–Trinajstić information content (AvgIpc) is 2.32. The number of benzene rings is 1. The molecule has 0 aliphatic rings. The summed E-state index contributed by atoms with van der Waals surface area (Å²) in [6, 6.07) is 3.79. The monoisotopic (exact) mass is 409 g/mol. The van der Waals surface area contributed by atoms with Crippen molar-refractivity contribution in [1.82, 2.24) is 5.32 Å². The minimum absolute atomic E-state index is 0.240. The molecule has 0 aliphatic heterocycles. The molecule has 0 radical (unpaired) electrons. The first-order valence-electron chi connectivity index (χ1n) is 5.19. The van der Waals surface area contributed by atoms with E-state index in [0.29, 0.717) is 4.47 Å². The lowest BCUT2D eigenvalue weighted by Gasteiger charge is -2.11. The summed E-state index contributed by atoms with van der Waals surface area (Å²) in [5.41, 5.74) is 0. The summed E-state index contributed by atoms with van der Waals surface area (Å²) in [6.45, 7) is -2.28. The third-order valence-electron chi connectivity index (χ3n) is 2.01. The number of hydrogen-bond acceptors (Lipinski definition) is 4. The third-order valence-corrected chi connectivity index (χ3v) is 3.85. The molecule has 0 bridgehead atoms. The van der Waals surface area contributed by atoms with Gasteiger partial charge < -0.3 is 10.1 Å². The highest BCUT2D eigenvalue weighted by molar-refractivity contribution is 9.10. The van der Waals surface area contributed by atoms with Crippen molar-refractivity contribution in [2.75, 3.05) is 13.2 Å². The Kier molecular flexibility index (Phi) is 5.88. The van der Waals surface area contributed by atoms with E-state index >= 15 is 0 Å². The van der Waals surface area contributed by atoms with E-state index in [2.05, 4.69) is 15.9 Å². The lowest BCUT2D eigenvalue weighted by molar-refractivity contribution is -0.139. The predicted molar refractivity (Wildman–Crippen MR) is 71.7 cm³/mol. The number of alkyl halides is 3. The number of ether oxygens (including phenoxy) is 1. The van der Waals surface area contributed by atoms with E-state index in [1.807, 2.05) is 0 Å². The summed E-state index contributed by atoms with van der Waals surface area (Å²) >= 11 is 3.03. The summed E-state index contributed by atoms with van der Waals surface area (Å²) < 4.78 is 63.6. The number of rotatable bonds is 5. The smallest absolute Gasteiger partial charge is 0.405 e. The Hall–Kier alpha value is -1.00. The minimum Gasteiger partial charge on any atom is -0.482 e. The first kappa shape index (κ1) is 18.1. The van der Waals surface area contributed by atoms with Crippen molar-refractivity contribution in [1.29, 1.82) is 0 Å². The maximum absolute atomic E-state index is 11.9. The van der Waals surface area contributed by atoms with Gasteiger partial charge in [0.25, 0.3) is 15.0 Å². The Balaban J connectivity index is 2.74. The fourth-order valence-electron chi connectivity index (χ4n) is 1.18. The largest absolute Gasteiger partial charge is 0.482 e. The third kappa shape index (κ3) is 6.53. The van der Waals surface area contributed by atoms with Gasteiger partial charge in [-0.05, 0) is 18.2 Å². The number of hydrogen-bond donors (Lipinski definition) is 1. The fraction of sp³-hybridized carbons (Fsp3) is 0.300. The summed E-state index contributed by atoms with van der Waals surface area (Å²) in [4.78, 5) is 10.8. The number of nitrogens with one attached hydrogen (secondary N) is 1. The molecule has 118 valence electrons. The van der Waals surface area contributed by atoms with Gasteiger partial charge in [0.05, 0.1) is 0 Å². The number of carbonyl (C=O) groups is 1. The molecule has 0 aromatic heterocycles. The normalized spacial score (nSPS) is 12.0. The van der Waals surface area contributed by atoms with Gasteiger partial charge in [0, 0.05) is 15.2 Å². The van der Waals surface area contributed by atoms with E-state index in [0.717, 1.165) is 6.07 Å². The van der Waals surface area contributed by atoms with Crippen LogP contribution < -0.4 is 10.1 Å². The lowest BCUT2D eigenvalue weighted by Crippen LogP contribution is -2.36. The molecule has 0 fully saturated rings. The van der Waals surface area contributed by atoms with Crippen molar-refractivity contribution in [3.63, 3.8) is 0 Å². The van der Waals surface area contributed by atoms with Crippen LogP contribution in [-0.2, 0) is 13.8 Å². The maximum Gasteiger partial charge on any atom is 0.405 e. The Labute approximate surface area is 131 Å². The zero-order valence-electron chi connectivity index (χ0n) is 10.1. The van der Waals surface area contributed by atoms with Gasteiger partial charge in [0.15, 0.2) is 6.61 Å². The van der Waals surface area contributed by atoms with E-state index < -0.39 is 39.2 Å². The fourth-order valence-corrected chi connectivity index (χ4v) is 2.69. The molecule has 1 aromatic carbocycles. The molecule has 0 unspecified atom stereocenters. The molecule has 0 heterocycles. The van der Waals surface area contributed by atoms with Crippen LogP contribution in [0.4, 0.5) is 13.2 Å². The van der Waals surface area contributed by atoms with Gasteiger partial charge in [-0.2, -0.15) is 13.2 Å². The van der Waals surface area contributed by atoms with Crippen LogP contribution in [0.2, 0.25) is 0 Å². The Morgan fingerprint density at radius 3 is 2.52 bits per heavy atom. The van der Waals surface area contributed by atoms with E-state index in [9.17, 15) is 26.4 Å². The van der Waals surface area contributed by atoms with Crippen LogP contribution in [0.25, 0.3) is 0 Å². The Morgan fingerprint density at radius 2 is 2.00 bits per heavy atom. The van der Waals surface area contributed by atoms with Crippen LogP contribution in [0.3, 0.4) is 0 Å². The second-order valence-corrected chi connectivity index (χ2v) is 7.16. The molecule has 1 rings (SSSR count). The highest BCUT2D eigenvalue weighted by Crippen LogP contribution is 2.29. The molecule has 0 saturated heterocycles. The van der Waals surface area contributed by atoms with Crippen LogP contribution in [-0.4, -0.2) is 33.7 Å². The van der Waals surface area contributed by atoms with Crippen LogP contribution in [0.1, 0.15) is 0 Å². The van der Waals surface area contributed by atoms with Crippen molar-refractivity contribution >= 4 is 41.6 Å². The number of halogens is 5. The highest BCUT2D eigenvalue weighted by Gasteiger charge is 2.27. The van der Waals surface area contributed by atoms with Gasteiger partial charge in [-0.25, -0.2) is 8.42 Å². The van der Waals surface area contributed by atoms with Gasteiger partial charge in [-0.15, -0.1) is 0 Å². The van der Waals surface area contributed by atoms with Crippen molar-refractivity contribution in [3.05, 3.63) is 22.7 Å². The lowest BCUT2D eigenvalue weighted by atomic mass is 10.3. The molecule has 1 aromatic rings. The summed E-state index contributed by atoms with van der Waals surface area (Å²) in [5.74, 6) is -1.29. The van der Waals surface area contributed by atoms with Crippen LogP contribution in [0, 0.1) is 0 Å². The van der Waals surface area contributed by atoms with E-state index in [-0.39, 0.29) is 5.75 Å². The minimum atomic E-state index is -4.54. The van der Waals surface area contributed by atoms with Crippen LogP contribution in [0.15, 0.2) is 27.6 Å². The molecule has 11 heteroatoms. The van der Waals surface area contributed by atoms with Crippen LogP contribution in [0.5, 0.6) is 5.75 Å². The molecule has 0 saturated carbocycles. The standard InChI is InChI=1S/C10H8BrClF3NO4S/c11-6-1-2-7(8(3-6)21(12,18)19)20-4-9(17)16-5-10(13,14)15/h1-3H,4-5H2,(H,16,17). The average molecular weight is 411 g/mol. The van der Waals surface area contributed by atoms with Crippen LogP contribution >= 0.6 is 26.6 Å². The zero-order chi connectivity index (χ0) is 16.3. The molecule has 5 nitrogen and oxygen atoms in total. The second-order valence-electron chi connectivity index (χ2n) is 3.71. The molecule has 0 aliphatic carbocycles. The predicted octanol–water partition coefficient (Wildman–Crippen LogP) is 2.43. The number of carbonyl (C=O) groups excluding carboxylic acids is 1. The van der Waals surface area contributed by atoms with Gasteiger partial charge in [0.2, 0.25) is 0 Å². The summed E-state index contributed by atoms with van der Waals surface area (Å²) in [5, 5.41) is 1.58. The Bertz CT molecular complexity index is 636. The quantitative estimate of drug-likeness (QED) is 0.757. The zero-order valence-corrected chi connectivity index (χ0v) is 13.2.